The van der Waals surface area contributed by atoms with Gasteiger partial charge in [-0.1, -0.05) is 12.8 Å². The zero-order valence-electron chi connectivity index (χ0n) is 11.3. The van der Waals surface area contributed by atoms with Gasteiger partial charge in [0.1, 0.15) is 0 Å². The van der Waals surface area contributed by atoms with E-state index in [0.29, 0.717) is 19.3 Å². The van der Waals surface area contributed by atoms with Crippen molar-refractivity contribution in [3.63, 3.8) is 0 Å². The van der Waals surface area contributed by atoms with Gasteiger partial charge in [0.2, 0.25) is 5.91 Å². The maximum absolute atomic E-state index is 11.8. The fourth-order valence-corrected chi connectivity index (χ4v) is 3.04. The third-order valence-electron chi connectivity index (χ3n) is 4.36. The molecule has 2 fully saturated rings. The Hall–Kier alpha value is -1.10. The van der Waals surface area contributed by atoms with Crippen molar-refractivity contribution >= 4 is 11.9 Å². The van der Waals surface area contributed by atoms with Gasteiger partial charge < -0.3 is 15.2 Å². The van der Waals surface area contributed by atoms with Gasteiger partial charge in [0.15, 0.2) is 0 Å². The van der Waals surface area contributed by atoms with Crippen LogP contribution >= 0.6 is 0 Å². The monoisotopic (exact) mass is 269 g/mol. The van der Waals surface area contributed by atoms with Gasteiger partial charge in [0.25, 0.3) is 0 Å². The van der Waals surface area contributed by atoms with Gasteiger partial charge in [0, 0.05) is 19.6 Å². The average molecular weight is 269 g/mol. The van der Waals surface area contributed by atoms with Crippen molar-refractivity contribution in [1.29, 1.82) is 0 Å². The van der Waals surface area contributed by atoms with Crippen LogP contribution in [0, 0.1) is 5.41 Å². The summed E-state index contributed by atoms with van der Waals surface area (Å²) >= 11 is 0. The van der Waals surface area contributed by atoms with Crippen LogP contribution in [0.1, 0.15) is 51.4 Å². The summed E-state index contributed by atoms with van der Waals surface area (Å²) in [4.78, 5) is 23.1. The lowest BCUT2D eigenvalue weighted by Crippen LogP contribution is -2.41. The second-order valence-electron chi connectivity index (χ2n) is 5.74. The van der Waals surface area contributed by atoms with Crippen LogP contribution in [0.15, 0.2) is 0 Å². The Morgan fingerprint density at radius 3 is 2.58 bits per heavy atom. The molecule has 0 spiro atoms. The minimum absolute atomic E-state index is 0.0528. The third-order valence-corrected chi connectivity index (χ3v) is 4.36. The fraction of sp³-hybridized carbons (Fsp3) is 0.857. The molecule has 1 amide bonds. The summed E-state index contributed by atoms with van der Waals surface area (Å²) in [6, 6.07) is 0. The molecule has 1 unspecified atom stereocenters. The summed E-state index contributed by atoms with van der Waals surface area (Å²) in [5.41, 5.74) is -0.723. The minimum Gasteiger partial charge on any atom is -0.481 e. The van der Waals surface area contributed by atoms with E-state index in [1.807, 2.05) is 0 Å². The lowest BCUT2D eigenvalue weighted by atomic mass is 9.86. The van der Waals surface area contributed by atoms with Crippen molar-refractivity contribution in [2.45, 2.75) is 57.5 Å². The molecule has 1 aliphatic carbocycles. The van der Waals surface area contributed by atoms with Gasteiger partial charge >= 0.3 is 5.97 Å². The van der Waals surface area contributed by atoms with Crippen LogP contribution < -0.4 is 5.32 Å². The molecular weight excluding hydrogens is 246 g/mol. The molecule has 0 aromatic heterocycles. The molecule has 108 valence electrons. The Morgan fingerprint density at radius 1 is 1.26 bits per heavy atom. The van der Waals surface area contributed by atoms with E-state index >= 15 is 0 Å². The van der Waals surface area contributed by atoms with E-state index in [2.05, 4.69) is 5.32 Å². The van der Waals surface area contributed by atoms with Crippen molar-refractivity contribution in [2.75, 3.05) is 13.2 Å². The van der Waals surface area contributed by atoms with E-state index in [9.17, 15) is 14.7 Å². The van der Waals surface area contributed by atoms with E-state index in [-0.39, 0.29) is 18.6 Å². The number of ether oxygens (including phenoxy) is 1. The normalized spacial score (nSPS) is 25.4. The summed E-state index contributed by atoms with van der Waals surface area (Å²) in [6.07, 6.45) is 6.73. The van der Waals surface area contributed by atoms with Gasteiger partial charge in [-0.15, -0.1) is 0 Å². The number of hydrogen-bond donors (Lipinski definition) is 2. The number of aliphatic carboxylic acids is 1. The van der Waals surface area contributed by atoms with Crippen LogP contribution in [0.3, 0.4) is 0 Å². The number of carbonyl (C=O) groups excluding carboxylic acids is 1. The smallest absolute Gasteiger partial charge is 0.311 e. The van der Waals surface area contributed by atoms with Gasteiger partial charge in [-0.25, -0.2) is 0 Å². The van der Waals surface area contributed by atoms with Crippen LogP contribution in [-0.4, -0.2) is 36.2 Å². The Kier molecular flexibility index (Phi) is 4.80. The van der Waals surface area contributed by atoms with Gasteiger partial charge in [0.05, 0.1) is 11.5 Å². The van der Waals surface area contributed by atoms with Crippen molar-refractivity contribution in [2.24, 2.45) is 5.41 Å². The average Bonchev–Trinajstić information content (AvgIpc) is 3.05. The lowest BCUT2D eigenvalue weighted by Gasteiger charge is -2.24. The highest BCUT2D eigenvalue weighted by atomic mass is 16.5. The van der Waals surface area contributed by atoms with Crippen LogP contribution in [-0.2, 0) is 14.3 Å². The molecule has 1 saturated carbocycles. The van der Waals surface area contributed by atoms with E-state index in [1.54, 1.807) is 0 Å². The number of nitrogens with one attached hydrogen (secondary N) is 1. The molecule has 1 heterocycles. The summed E-state index contributed by atoms with van der Waals surface area (Å²) in [7, 11) is 0. The Labute approximate surface area is 113 Å². The van der Waals surface area contributed by atoms with Crippen LogP contribution in [0.5, 0.6) is 0 Å². The predicted molar refractivity (Wildman–Crippen MR) is 69.8 cm³/mol. The summed E-state index contributed by atoms with van der Waals surface area (Å²) in [5, 5.41) is 12.1. The fourth-order valence-electron chi connectivity index (χ4n) is 3.04. The Balaban J connectivity index is 1.71. The summed E-state index contributed by atoms with van der Waals surface area (Å²) in [6.45, 7) is 1.07. The van der Waals surface area contributed by atoms with Gasteiger partial charge in [-0.05, 0) is 32.1 Å². The van der Waals surface area contributed by atoms with Crippen LogP contribution in [0.2, 0.25) is 0 Å². The topological polar surface area (TPSA) is 75.6 Å². The first kappa shape index (κ1) is 14.3. The molecule has 0 radical (unpaired) electrons. The zero-order chi connectivity index (χ0) is 13.7. The quantitative estimate of drug-likeness (QED) is 0.769. The molecule has 5 heteroatoms. The molecule has 0 bridgehead atoms. The number of carboxylic acid groups (broad SMARTS) is 1. The molecule has 2 rings (SSSR count). The first-order valence-electron chi connectivity index (χ1n) is 7.24. The highest BCUT2D eigenvalue weighted by Crippen LogP contribution is 2.37. The predicted octanol–water partition coefficient (Wildman–Crippen LogP) is 1.71. The number of carbonyl (C=O) groups is 2. The molecule has 2 N–H and O–H groups in total. The largest absolute Gasteiger partial charge is 0.481 e. The SMILES string of the molecule is O=C(CCC1CCCO1)NCC1(C(=O)O)CCCC1. The number of carboxylic acids is 1. The second-order valence-corrected chi connectivity index (χ2v) is 5.74. The van der Waals surface area contributed by atoms with Crippen molar-refractivity contribution in [1.82, 2.24) is 5.32 Å². The maximum Gasteiger partial charge on any atom is 0.311 e. The Bertz CT molecular complexity index is 330. The first-order chi connectivity index (χ1) is 9.12. The van der Waals surface area contributed by atoms with Crippen LogP contribution in [0.4, 0.5) is 0 Å². The third kappa shape index (κ3) is 3.69. The highest BCUT2D eigenvalue weighted by Gasteiger charge is 2.41. The lowest BCUT2D eigenvalue weighted by molar-refractivity contribution is -0.148. The van der Waals surface area contributed by atoms with Crippen molar-refractivity contribution in [3.05, 3.63) is 0 Å². The molecular formula is C14H23NO4. The number of amides is 1. The van der Waals surface area contributed by atoms with Crippen LogP contribution in [0.25, 0.3) is 0 Å². The number of hydrogen-bond acceptors (Lipinski definition) is 3. The van der Waals surface area contributed by atoms with Gasteiger partial charge in [-0.2, -0.15) is 0 Å². The Morgan fingerprint density at radius 2 is 2.00 bits per heavy atom. The molecule has 1 saturated heterocycles. The number of rotatable bonds is 6. The maximum atomic E-state index is 11.8. The van der Waals surface area contributed by atoms with E-state index in [4.69, 9.17) is 4.74 Å². The zero-order valence-corrected chi connectivity index (χ0v) is 11.3. The van der Waals surface area contributed by atoms with Crippen molar-refractivity contribution in [3.8, 4) is 0 Å². The van der Waals surface area contributed by atoms with E-state index in [0.717, 1.165) is 38.7 Å². The van der Waals surface area contributed by atoms with E-state index < -0.39 is 11.4 Å². The highest BCUT2D eigenvalue weighted by molar-refractivity contribution is 5.79. The molecule has 19 heavy (non-hydrogen) atoms. The minimum atomic E-state index is -0.774. The first-order valence-corrected chi connectivity index (χ1v) is 7.24. The molecule has 1 atom stereocenters. The molecule has 0 aromatic carbocycles. The summed E-state index contributed by atoms with van der Waals surface area (Å²) < 4.78 is 5.47. The summed E-state index contributed by atoms with van der Waals surface area (Å²) in [5.74, 6) is -0.826. The van der Waals surface area contributed by atoms with Crippen molar-refractivity contribution < 1.29 is 19.4 Å². The van der Waals surface area contributed by atoms with Gasteiger partial charge in [-0.3, -0.25) is 9.59 Å². The second kappa shape index (κ2) is 6.37. The molecule has 2 aliphatic rings. The molecule has 0 aromatic rings. The standard InChI is InChI=1S/C14H23NO4/c16-12(6-5-11-4-3-9-19-11)15-10-14(13(17)18)7-1-2-8-14/h11H,1-10H2,(H,15,16)(H,17,18). The molecule has 1 aliphatic heterocycles. The van der Waals surface area contributed by atoms with E-state index in [1.165, 1.54) is 0 Å². The molecule has 5 nitrogen and oxygen atoms in total.